The zero-order valence-corrected chi connectivity index (χ0v) is 22.0. The number of nitrogens with zero attached hydrogens (tertiary/aromatic N) is 3. The predicted octanol–water partition coefficient (Wildman–Crippen LogP) is 4.43. The van der Waals surface area contributed by atoms with E-state index < -0.39 is 29.1 Å². The van der Waals surface area contributed by atoms with E-state index in [9.17, 15) is 22.8 Å². The summed E-state index contributed by atoms with van der Waals surface area (Å²) in [6.07, 6.45) is 3.95. The second kappa shape index (κ2) is 10.5. The number of carbonyl (C=O) groups is 1. The van der Waals surface area contributed by atoms with E-state index in [0.717, 1.165) is 31.3 Å². The van der Waals surface area contributed by atoms with Gasteiger partial charge in [0, 0.05) is 43.5 Å². The van der Waals surface area contributed by atoms with Crippen molar-refractivity contribution in [2.45, 2.75) is 38.8 Å². The zero-order valence-electron chi connectivity index (χ0n) is 22.0. The van der Waals surface area contributed by atoms with Crippen LogP contribution < -0.4 is 10.9 Å². The van der Waals surface area contributed by atoms with Crippen LogP contribution in [0.2, 0.25) is 0 Å². The Bertz CT molecular complexity index is 1660. The summed E-state index contributed by atoms with van der Waals surface area (Å²) in [5.74, 6) is -2.91. The molecule has 2 aliphatic rings. The Morgan fingerprint density at radius 1 is 1.02 bits per heavy atom. The number of likely N-dealkylation sites (tertiary alicyclic amines) is 1. The third-order valence-corrected chi connectivity index (χ3v) is 7.69. The standard InChI is InChI=1S/C29H29F3N6O2/c1-16(10-17-11-21(31)22(32)14-20(17)30)34-23-4-5-33-28(39)26(23)27-35-24-12-18-15-38(9-8-37-6-2-3-7-37)29(40)19(18)13-25(24)36-27/h4-5,11-14,16H,2-3,6-10,15H2,1H3,(H,35,36)(H2,33,34,39)/t16-/m0/s1. The Hall–Kier alpha value is -4.12. The largest absolute Gasteiger partial charge is 0.381 e. The van der Waals surface area contributed by atoms with Gasteiger partial charge in [0.05, 0.1) is 16.7 Å². The van der Waals surface area contributed by atoms with Gasteiger partial charge < -0.3 is 25.1 Å². The summed E-state index contributed by atoms with van der Waals surface area (Å²) in [6.45, 7) is 6.00. The minimum atomic E-state index is -1.24. The van der Waals surface area contributed by atoms with Gasteiger partial charge in [-0.1, -0.05) is 0 Å². The number of aromatic nitrogens is 3. The van der Waals surface area contributed by atoms with Crippen molar-refractivity contribution in [2.75, 3.05) is 31.5 Å². The van der Waals surface area contributed by atoms with Crippen LogP contribution in [0.1, 0.15) is 41.3 Å². The summed E-state index contributed by atoms with van der Waals surface area (Å²) in [6, 6.07) is 6.27. The van der Waals surface area contributed by atoms with E-state index in [4.69, 9.17) is 0 Å². The fraction of sp³-hybridized carbons (Fsp3) is 0.345. The zero-order chi connectivity index (χ0) is 28.0. The highest BCUT2D eigenvalue weighted by Crippen LogP contribution is 2.30. The first kappa shape index (κ1) is 26.1. The van der Waals surface area contributed by atoms with Gasteiger partial charge in [0.25, 0.3) is 11.5 Å². The van der Waals surface area contributed by atoms with Gasteiger partial charge in [0.15, 0.2) is 11.6 Å². The molecule has 6 rings (SSSR count). The molecule has 40 heavy (non-hydrogen) atoms. The molecule has 1 atom stereocenters. The molecule has 2 aromatic carbocycles. The van der Waals surface area contributed by atoms with E-state index in [-0.39, 0.29) is 23.5 Å². The average molecular weight is 551 g/mol. The van der Waals surface area contributed by atoms with Crippen LogP contribution >= 0.6 is 0 Å². The highest BCUT2D eigenvalue weighted by Gasteiger charge is 2.29. The van der Waals surface area contributed by atoms with Gasteiger partial charge in [-0.3, -0.25) is 9.59 Å². The third kappa shape index (κ3) is 4.97. The van der Waals surface area contributed by atoms with Crippen LogP contribution in [0.15, 0.2) is 41.3 Å². The van der Waals surface area contributed by atoms with E-state index in [2.05, 4.69) is 25.2 Å². The summed E-state index contributed by atoms with van der Waals surface area (Å²) in [4.78, 5) is 40.7. The Morgan fingerprint density at radius 3 is 2.60 bits per heavy atom. The number of carbonyl (C=O) groups excluding carboxylic acids is 1. The number of pyridine rings is 1. The summed E-state index contributed by atoms with van der Waals surface area (Å²) in [7, 11) is 0. The molecule has 3 N–H and O–H groups in total. The highest BCUT2D eigenvalue weighted by atomic mass is 19.2. The van der Waals surface area contributed by atoms with E-state index in [1.165, 1.54) is 19.0 Å². The second-order valence-electron chi connectivity index (χ2n) is 10.6. The van der Waals surface area contributed by atoms with Gasteiger partial charge >= 0.3 is 0 Å². The monoisotopic (exact) mass is 550 g/mol. The Kier molecular flexibility index (Phi) is 6.83. The van der Waals surface area contributed by atoms with E-state index in [0.29, 0.717) is 47.3 Å². The van der Waals surface area contributed by atoms with Crippen molar-refractivity contribution in [3.8, 4) is 11.4 Å². The number of imidazole rings is 1. The first-order valence-corrected chi connectivity index (χ1v) is 13.4. The number of fused-ring (bicyclic) bond motifs is 2. The van der Waals surface area contributed by atoms with Crippen LogP contribution in [0.3, 0.4) is 0 Å². The van der Waals surface area contributed by atoms with Crippen LogP contribution in [0.5, 0.6) is 0 Å². The first-order valence-electron chi connectivity index (χ1n) is 13.4. The molecule has 4 aromatic rings. The third-order valence-electron chi connectivity index (χ3n) is 7.69. The average Bonchev–Trinajstić information content (AvgIpc) is 3.64. The number of aromatic amines is 2. The molecule has 1 saturated heterocycles. The maximum atomic E-state index is 14.2. The number of H-pyrrole nitrogens is 2. The summed E-state index contributed by atoms with van der Waals surface area (Å²) < 4.78 is 41.2. The number of anilines is 1. The van der Waals surface area contributed by atoms with Crippen molar-refractivity contribution in [2.24, 2.45) is 0 Å². The number of benzene rings is 2. The fourth-order valence-electron chi connectivity index (χ4n) is 5.65. The molecule has 11 heteroatoms. The van der Waals surface area contributed by atoms with E-state index >= 15 is 0 Å². The van der Waals surface area contributed by atoms with Gasteiger partial charge in [-0.15, -0.1) is 0 Å². The number of halogens is 3. The number of nitrogens with one attached hydrogen (secondary N) is 3. The lowest BCUT2D eigenvalue weighted by Crippen LogP contribution is -2.33. The lowest BCUT2D eigenvalue weighted by Gasteiger charge is -2.20. The normalized spacial score (nSPS) is 16.2. The lowest BCUT2D eigenvalue weighted by molar-refractivity contribution is 0.0763. The molecule has 2 aliphatic heterocycles. The molecule has 0 radical (unpaired) electrons. The van der Waals surface area contributed by atoms with Crippen molar-refractivity contribution in [3.63, 3.8) is 0 Å². The Balaban J connectivity index is 1.23. The SMILES string of the molecule is C[C@@H](Cc1cc(F)c(F)cc1F)Nc1cc[nH]c(=O)c1-c1nc2cc3c(cc2[nH]1)CN(CCN1CCCC1)C3=O. The lowest BCUT2D eigenvalue weighted by atomic mass is 10.1. The molecular weight excluding hydrogens is 521 g/mol. The molecule has 2 aromatic heterocycles. The fourth-order valence-corrected chi connectivity index (χ4v) is 5.65. The van der Waals surface area contributed by atoms with Crippen molar-refractivity contribution < 1.29 is 18.0 Å². The quantitative estimate of drug-likeness (QED) is 0.282. The Morgan fingerprint density at radius 2 is 1.80 bits per heavy atom. The van der Waals surface area contributed by atoms with Crippen LogP contribution in [0.4, 0.5) is 18.9 Å². The number of amides is 1. The molecular formula is C29H29F3N6O2. The maximum Gasteiger partial charge on any atom is 0.261 e. The van der Waals surface area contributed by atoms with Crippen LogP contribution in [0.25, 0.3) is 22.4 Å². The topological polar surface area (TPSA) is 97.1 Å². The van der Waals surface area contributed by atoms with Crippen LogP contribution in [-0.4, -0.2) is 62.9 Å². The predicted molar refractivity (Wildman–Crippen MR) is 146 cm³/mol. The van der Waals surface area contributed by atoms with Crippen molar-refractivity contribution in [1.29, 1.82) is 0 Å². The van der Waals surface area contributed by atoms with Crippen molar-refractivity contribution in [3.05, 3.63) is 81.0 Å². The molecule has 0 saturated carbocycles. The van der Waals surface area contributed by atoms with Gasteiger partial charge in [-0.25, -0.2) is 18.2 Å². The molecule has 0 aliphatic carbocycles. The molecule has 4 heterocycles. The molecule has 0 spiro atoms. The molecule has 1 amide bonds. The van der Waals surface area contributed by atoms with Crippen LogP contribution in [0, 0.1) is 17.5 Å². The molecule has 0 unspecified atom stereocenters. The molecule has 8 nitrogen and oxygen atoms in total. The Labute approximate surface area is 228 Å². The van der Waals surface area contributed by atoms with Gasteiger partial charge in [0.2, 0.25) is 0 Å². The van der Waals surface area contributed by atoms with E-state index in [1.807, 2.05) is 11.0 Å². The summed E-state index contributed by atoms with van der Waals surface area (Å²) in [5, 5.41) is 3.17. The minimum absolute atomic E-state index is 0.0150. The van der Waals surface area contributed by atoms with E-state index in [1.54, 1.807) is 19.1 Å². The van der Waals surface area contributed by atoms with Crippen molar-refractivity contribution in [1.82, 2.24) is 24.8 Å². The minimum Gasteiger partial charge on any atom is -0.381 e. The number of hydrogen-bond donors (Lipinski definition) is 3. The summed E-state index contributed by atoms with van der Waals surface area (Å²) in [5.41, 5.74) is 3.11. The second-order valence-corrected chi connectivity index (χ2v) is 10.6. The van der Waals surface area contributed by atoms with Gasteiger partial charge in [0.1, 0.15) is 17.2 Å². The van der Waals surface area contributed by atoms with Gasteiger partial charge in [-0.05, 0) is 74.7 Å². The summed E-state index contributed by atoms with van der Waals surface area (Å²) >= 11 is 0. The molecule has 1 fully saturated rings. The van der Waals surface area contributed by atoms with Gasteiger partial charge in [-0.2, -0.15) is 0 Å². The van der Waals surface area contributed by atoms with Crippen molar-refractivity contribution >= 4 is 22.6 Å². The highest BCUT2D eigenvalue weighted by molar-refractivity contribution is 6.02. The van der Waals surface area contributed by atoms with Crippen LogP contribution in [-0.2, 0) is 13.0 Å². The smallest absolute Gasteiger partial charge is 0.261 e. The number of rotatable bonds is 8. The maximum absolute atomic E-state index is 14.2. The first-order chi connectivity index (χ1) is 19.3. The molecule has 208 valence electrons. The molecule has 0 bridgehead atoms. The number of hydrogen-bond acceptors (Lipinski definition) is 5.